The van der Waals surface area contributed by atoms with Crippen molar-refractivity contribution in [1.29, 1.82) is 0 Å². The van der Waals surface area contributed by atoms with Gasteiger partial charge in [0.05, 0.1) is 6.04 Å². The van der Waals surface area contributed by atoms with Crippen LogP contribution in [0.5, 0.6) is 0 Å². The van der Waals surface area contributed by atoms with E-state index in [1.165, 1.54) is 0 Å². The number of ether oxygens (including phenoxy) is 1. The molecule has 1 amide bonds. The topological polar surface area (TPSA) is 41.6 Å². The molecule has 0 aromatic carbocycles. The average Bonchev–Trinajstić information content (AvgIpc) is 2.61. The van der Waals surface area contributed by atoms with Gasteiger partial charge in [0.15, 0.2) is 0 Å². The first kappa shape index (κ1) is 10.7. The van der Waals surface area contributed by atoms with Crippen molar-refractivity contribution in [3.8, 4) is 0 Å². The maximum atomic E-state index is 11.6. The van der Waals surface area contributed by atoms with Crippen LogP contribution in [0.15, 0.2) is 0 Å². The van der Waals surface area contributed by atoms with Crippen LogP contribution < -0.4 is 5.32 Å². The van der Waals surface area contributed by atoms with Crippen molar-refractivity contribution in [3.05, 3.63) is 0 Å². The fourth-order valence-corrected chi connectivity index (χ4v) is 2.63. The van der Waals surface area contributed by atoms with Gasteiger partial charge in [0.25, 0.3) is 0 Å². The number of hydrogen-bond donors (Lipinski definition) is 1. The van der Waals surface area contributed by atoms with Gasteiger partial charge in [-0.2, -0.15) is 0 Å². The zero-order chi connectivity index (χ0) is 10.8. The number of cyclic esters (lactones) is 1. The van der Waals surface area contributed by atoms with E-state index in [9.17, 15) is 4.79 Å². The monoisotopic (exact) mass is 212 g/mol. The Balaban J connectivity index is 2.03. The van der Waals surface area contributed by atoms with E-state index < -0.39 is 0 Å². The largest absolute Gasteiger partial charge is 0.447 e. The Bertz CT molecular complexity index is 237. The standard InChI is InChI=1S/C11H20N2O2/c1-8(2)13-10(7-15-11(13)14)9-3-5-12-6-4-9/h8-10,12H,3-7H2,1-2H3. The van der Waals surface area contributed by atoms with Crippen molar-refractivity contribution >= 4 is 6.09 Å². The molecule has 86 valence electrons. The van der Waals surface area contributed by atoms with Gasteiger partial charge in [-0.05, 0) is 45.7 Å². The Morgan fingerprint density at radius 3 is 2.67 bits per heavy atom. The Labute approximate surface area is 91.0 Å². The summed E-state index contributed by atoms with van der Waals surface area (Å²) in [5.41, 5.74) is 0. The van der Waals surface area contributed by atoms with E-state index in [4.69, 9.17) is 4.74 Å². The lowest BCUT2D eigenvalue weighted by Crippen LogP contribution is -2.46. The molecule has 2 aliphatic heterocycles. The molecular weight excluding hydrogens is 192 g/mol. The molecule has 0 saturated carbocycles. The molecule has 0 aromatic heterocycles. The quantitative estimate of drug-likeness (QED) is 0.748. The second kappa shape index (κ2) is 4.39. The third-order valence-corrected chi connectivity index (χ3v) is 3.43. The van der Waals surface area contributed by atoms with Gasteiger partial charge >= 0.3 is 6.09 Å². The van der Waals surface area contributed by atoms with Gasteiger partial charge < -0.3 is 10.1 Å². The van der Waals surface area contributed by atoms with Crippen molar-refractivity contribution in [2.75, 3.05) is 19.7 Å². The average molecular weight is 212 g/mol. The van der Waals surface area contributed by atoms with E-state index in [-0.39, 0.29) is 12.1 Å². The van der Waals surface area contributed by atoms with Crippen LogP contribution >= 0.6 is 0 Å². The van der Waals surface area contributed by atoms with E-state index in [0.29, 0.717) is 18.6 Å². The van der Waals surface area contributed by atoms with Crippen LogP contribution in [-0.4, -0.2) is 42.8 Å². The normalized spacial score (nSPS) is 28.6. The van der Waals surface area contributed by atoms with Gasteiger partial charge in [0, 0.05) is 6.04 Å². The summed E-state index contributed by atoms with van der Waals surface area (Å²) < 4.78 is 5.16. The van der Waals surface area contributed by atoms with Crippen LogP contribution in [0.1, 0.15) is 26.7 Å². The van der Waals surface area contributed by atoms with Gasteiger partial charge in [-0.15, -0.1) is 0 Å². The molecule has 0 bridgehead atoms. The van der Waals surface area contributed by atoms with Gasteiger partial charge in [-0.25, -0.2) is 4.79 Å². The molecular formula is C11H20N2O2. The summed E-state index contributed by atoms with van der Waals surface area (Å²) in [5, 5.41) is 3.35. The first-order valence-electron chi connectivity index (χ1n) is 5.86. The number of nitrogens with one attached hydrogen (secondary N) is 1. The minimum Gasteiger partial charge on any atom is -0.447 e. The highest BCUT2D eigenvalue weighted by Gasteiger charge is 2.39. The smallest absolute Gasteiger partial charge is 0.410 e. The molecule has 0 radical (unpaired) electrons. The van der Waals surface area contributed by atoms with E-state index in [1.54, 1.807) is 0 Å². The summed E-state index contributed by atoms with van der Waals surface area (Å²) in [6, 6.07) is 0.555. The molecule has 4 heteroatoms. The van der Waals surface area contributed by atoms with Crippen molar-refractivity contribution in [1.82, 2.24) is 10.2 Å². The lowest BCUT2D eigenvalue weighted by Gasteiger charge is -2.33. The molecule has 1 N–H and O–H groups in total. The van der Waals surface area contributed by atoms with E-state index in [2.05, 4.69) is 19.2 Å². The third kappa shape index (κ3) is 2.09. The second-order valence-corrected chi connectivity index (χ2v) is 4.73. The van der Waals surface area contributed by atoms with E-state index in [0.717, 1.165) is 25.9 Å². The van der Waals surface area contributed by atoms with Crippen LogP contribution in [-0.2, 0) is 4.74 Å². The Hall–Kier alpha value is -0.770. The molecule has 15 heavy (non-hydrogen) atoms. The van der Waals surface area contributed by atoms with E-state index in [1.807, 2.05) is 4.90 Å². The Morgan fingerprint density at radius 2 is 2.07 bits per heavy atom. The highest BCUT2D eigenvalue weighted by Crippen LogP contribution is 2.27. The maximum absolute atomic E-state index is 11.6. The second-order valence-electron chi connectivity index (χ2n) is 4.73. The molecule has 4 nitrogen and oxygen atoms in total. The first-order valence-corrected chi connectivity index (χ1v) is 5.86. The zero-order valence-electron chi connectivity index (χ0n) is 9.53. The number of nitrogens with zero attached hydrogens (tertiary/aromatic N) is 1. The van der Waals surface area contributed by atoms with Gasteiger partial charge in [-0.1, -0.05) is 0 Å². The van der Waals surface area contributed by atoms with E-state index >= 15 is 0 Å². The highest BCUT2D eigenvalue weighted by atomic mass is 16.6. The number of rotatable bonds is 2. The van der Waals surface area contributed by atoms with Crippen LogP contribution in [0.2, 0.25) is 0 Å². The van der Waals surface area contributed by atoms with Crippen LogP contribution in [0.25, 0.3) is 0 Å². The fourth-order valence-electron chi connectivity index (χ4n) is 2.63. The molecule has 0 aliphatic carbocycles. The molecule has 2 saturated heterocycles. The Morgan fingerprint density at radius 1 is 1.40 bits per heavy atom. The number of carbonyl (C=O) groups excluding carboxylic acids is 1. The van der Waals surface area contributed by atoms with Gasteiger partial charge in [0.1, 0.15) is 6.61 Å². The minimum atomic E-state index is -0.131. The van der Waals surface area contributed by atoms with Crippen molar-refractivity contribution in [2.24, 2.45) is 5.92 Å². The molecule has 2 heterocycles. The van der Waals surface area contributed by atoms with Crippen molar-refractivity contribution in [2.45, 2.75) is 38.8 Å². The van der Waals surface area contributed by atoms with Crippen LogP contribution in [0, 0.1) is 5.92 Å². The fraction of sp³-hybridized carbons (Fsp3) is 0.909. The predicted molar refractivity (Wildman–Crippen MR) is 57.7 cm³/mol. The van der Waals surface area contributed by atoms with Gasteiger partial charge in [0.2, 0.25) is 0 Å². The molecule has 2 rings (SSSR count). The molecule has 2 aliphatic rings. The predicted octanol–water partition coefficient (Wildman–Crippen LogP) is 1.22. The lowest BCUT2D eigenvalue weighted by molar-refractivity contribution is 0.139. The number of piperidine rings is 1. The minimum absolute atomic E-state index is 0.131. The molecule has 0 aromatic rings. The molecule has 0 spiro atoms. The highest BCUT2D eigenvalue weighted by molar-refractivity contribution is 5.70. The SMILES string of the molecule is CC(C)N1C(=O)OCC1C1CCNCC1. The first-order chi connectivity index (χ1) is 7.20. The molecule has 1 atom stereocenters. The maximum Gasteiger partial charge on any atom is 0.410 e. The van der Waals surface area contributed by atoms with Crippen molar-refractivity contribution < 1.29 is 9.53 Å². The summed E-state index contributed by atoms with van der Waals surface area (Å²) in [6.07, 6.45) is 2.18. The van der Waals surface area contributed by atoms with Crippen LogP contribution in [0.3, 0.4) is 0 Å². The Kier molecular flexibility index (Phi) is 3.14. The number of carbonyl (C=O) groups is 1. The zero-order valence-corrected chi connectivity index (χ0v) is 9.53. The van der Waals surface area contributed by atoms with Crippen molar-refractivity contribution in [3.63, 3.8) is 0 Å². The number of hydrogen-bond acceptors (Lipinski definition) is 3. The van der Waals surface area contributed by atoms with Crippen LogP contribution in [0.4, 0.5) is 4.79 Å². The summed E-state index contributed by atoms with van der Waals surface area (Å²) >= 11 is 0. The summed E-state index contributed by atoms with van der Waals surface area (Å²) in [5.74, 6) is 0.611. The summed E-state index contributed by atoms with van der Waals surface area (Å²) in [4.78, 5) is 13.5. The number of amides is 1. The summed E-state index contributed by atoms with van der Waals surface area (Å²) in [6.45, 7) is 6.84. The lowest BCUT2D eigenvalue weighted by atomic mass is 9.89. The van der Waals surface area contributed by atoms with Gasteiger partial charge in [-0.3, -0.25) is 4.90 Å². The third-order valence-electron chi connectivity index (χ3n) is 3.43. The molecule has 1 unspecified atom stereocenters. The summed E-state index contributed by atoms with van der Waals surface area (Å²) in [7, 11) is 0. The molecule has 2 fully saturated rings.